The van der Waals surface area contributed by atoms with Gasteiger partial charge in [0.1, 0.15) is 0 Å². The van der Waals surface area contributed by atoms with Gasteiger partial charge in [0.2, 0.25) is 0 Å². The van der Waals surface area contributed by atoms with E-state index in [4.69, 9.17) is 4.74 Å². The third kappa shape index (κ3) is 2.17. The van der Waals surface area contributed by atoms with Crippen LogP contribution in [0.3, 0.4) is 0 Å². The van der Waals surface area contributed by atoms with Crippen LogP contribution in [-0.2, 0) is 18.2 Å². The summed E-state index contributed by atoms with van der Waals surface area (Å²) in [5.74, 6) is 0. The number of halogens is 1. The van der Waals surface area contributed by atoms with Gasteiger partial charge in [-0.05, 0) is 35.2 Å². The minimum absolute atomic E-state index is 0.530. The highest BCUT2D eigenvalue weighted by Gasteiger charge is 2.17. The Kier molecular flexibility index (Phi) is 3.23. The fraction of sp³-hybridized carbons (Fsp3) is 0.700. The van der Waals surface area contributed by atoms with Gasteiger partial charge in [0.15, 0.2) is 0 Å². The molecule has 3 nitrogen and oxygen atoms in total. The lowest BCUT2D eigenvalue weighted by molar-refractivity contribution is 0.00357. The Balaban J connectivity index is 1.79. The van der Waals surface area contributed by atoms with Crippen LogP contribution < -0.4 is 0 Å². The van der Waals surface area contributed by atoms with Crippen molar-refractivity contribution in [3.8, 4) is 0 Å². The zero-order valence-corrected chi connectivity index (χ0v) is 9.96. The number of nitrogens with zero attached hydrogens (tertiary/aromatic N) is 2. The van der Waals surface area contributed by atoms with Gasteiger partial charge in [-0.25, -0.2) is 0 Å². The Hall–Kier alpha value is -0.350. The molecule has 0 N–H and O–H groups in total. The molecule has 0 saturated heterocycles. The van der Waals surface area contributed by atoms with Crippen molar-refractivity contribution in [3.05, 3.63) is 16.4 Å². The van der Waals surface area contributed by atoms with E-state index in [0.717, 1.165) is 17.5 Å². The van der Waals surface area contributed by atoms with E-state index < -0.39 is 0 Å². The largest absolute Gasteiger partial charge is 0.378 e. The topological polar surface area (TPSA) is 27.1 Å². The molecule has 0 bridgehead atoms. The first-order valence-electron chi connectivity index (χ1n) is 5.05. The fourth-order valence-electron chi connectivity index (χ4n) is 1.58. The third-order valence-corrected chi connectivity index (χ3v) is 3.42. The first kappa shape index (κ1) is 10.2. The van der Waals surface area contributed by atoms with Crippen LogP contribution in [0, 0.1) is 0 Å². The molecule has 1 heterocycles. The van der Waals surface area contributed by atoms with Crippen LogP contribution in [-0.4, -0.2) is 22.5 Å². The Morgan fingerprint density at radius 2 is 2.43 bits per heavy atom. The molecule has 14 heavy (non-hydrogen) atoms. The maximum Gasteiger partial charge on any atom is 0.0635 e. The maximum atomic E-state index is 5.70. The molecule has 78 valence electrons. The first-order valence-corrected chi connectivity index (χ1v) is 5.84. The number of aromatic nitrogens is 2. The lowest BCUT2D eigenvalue weighted by Crippen LogP contribution is -2.22. The van der Waals surface area contributed by atoms with Crippen molar-refractivity contribution in [1.29, 1.82) is 0 Å². The highest BCUT2D eigenvalue weighted by Crippen LogP contribution is 2.22. The second kappa shape index (κ2) is 4.45. The van der Waals surface area contributed by atoms with Crippen molar-refractivity contribution in [2.45, 2.75) is 31.8 Å². The summed E-state index contributed by atoms with van der Waals surface area (Å²) in [5.41, 5.74) is 1.21. The lowest BCUT2D eigenvalue weighted by atomic mass is 9.96. The van der Waals surface area contributed by atoms with Gasteiger partial charge in [0, 0.05) is 13.5 Å². The zero-order valence-electron chi connectivity index (χ0n) is 8.37. The molecule has 0 radical (unpaired) electrons. The van der Waals surface area contributed by atoms with E-state index in [1.165, 1.54) is 25.0 Å². The van der Waals surface area contributed by atoms with Crippen molar-refractivity contribution in [2.24, 2.45) is 7.05 Å². The van der Waals surface area contributed by atoms with Crippen molar-refractivity contribution in [2.75, 3.05) is 6.61 Å². The average molecular weight is 259 g/mol. The maximum absolute atomic E-state index is 5.70. The van der Waals surface area contributed by atoms with Crippen molar-refractivity contribution < 1.29 is 4.74 Å². The normalized spacial score (nSPS) is 17.0. The van der Waals surface area contributed by atoms with Gasteiger partial charge >= 0.3 is 0 Å². The van der Waals surface area contributed by atoms with Crippen LogP contribution in [0.4, 0.5) is 0 Å². The molecule has 0 aliphatic heterocycles. The second-order valence-electron chi connectivity index (χ2n) is 3.74. The van der Waals surface area contributed by atoms with Gasteiger partial charge in [-0.1, -0.05) is 0 Å². The van der Waals surface area contributed by atoms with E-state index in [2.05, 4.69) is 21.0 Å². The summed E-state index contributed by atoms with van der Waals surface area (Å²) in [7, 11) is 1.96. The van der Waals surface area contributed by atoms with Gasteiger partial charge in [0.25, 0.3) is 0 Å². The van der Waals surface area contributed by atoms with Crippen LogP contribution in [0.2, 0.25) is 0 Å². The summed E-state index contributed by atoms with van der Waals surface area (Å²) in [4.78, 5) is 0. The Labute approximate surface area is 92.6 Å². The Morgan fingerprint density at radius 3 is 2.93 bits per heavy atom. The molecule has 0 amide bonds. The van der Waals surface area contributed by atoms with Crippen molar-refractivity contribution >= 4 is 15.9 Å². The minimum Gasteiger partial charge on any atom is -0.378 e. The summed E-state index contributed by atoms with van der Waals surface area (Å²) >= 11 is 3.48. The van der Waals surface area contributed by atoms with Gasteiger partial charge < -0.3 is 4.74 Å². The molecule has 1 aliphatic rings. The van der Waals surface area contributed by atoms with Crippen LogP contribution in [0.5, 0.6) is 0 Å². The predicted molar refractivity (Wildman–Crippen MR) is 58.2 cm³/mol. The monoisotopic (exact) mass is 258 g/mol. The quantitative estimate of drug-likeness (QED) is 0.829. The summed E-state index contributed by atoms with van der Waals surface area (Å²) in [5, 5.41) is 4.16. The molecule has 0 aromatic carbocycles. The molecule has 1 aliphatic carbocycles. The summed E-state index contributed by atoms with van der Waals surface area (Å²) < 4.78 is 8.68. The Bertz CT molecular complexity index is 288. The molecular formula is C10H15BrN2O. The minimum atomic E-state index is 0.530. The number of ether oxygens (including phenoxy) is 1. The van der Waals surface area contributed by atoms with E-state index >= 15 is 0 Å². The van der Waals surface area contributed by atoms with Crippen molar-refractivity contribution in [1.82, 2.24) is 9.78 Å². The molecule has 1 aromatic heterocycles. The molecule has 0 spiro atoms. The van der Waals surface area contributed by atoms with Gasteiger partial charge in [-0.3, -0.25) is 4.68 Å². The molecule has 1 fully saturated rings. The molecule has 0 atom stereocenters. The van der Waals surface area contributed by atoms with Gasteiger partial charge in [-0.2, -0.15) is 5.10 Å². The van der Waals surface area contributed by atoms with Gasteiger partial charge in [-0.15, -0.1) is 0 Å². The highest BCUT2D eigenvalue weighted by molar-refractivity contribution is 9.10. The van der Waals surface area contributed by atoms with Crippen LogP contribution >= 0.6 is 15.9 Å². The number of aryl methyl sites for hydroxylation is 1. The van der Waals surface area contributed by atoms with Gasteiger partial charge in [0.05, 0.1) is 29.1 Å². The van der Waals surface area contributed by atoms with Crippen LogP contribution in [0.1, 0.15) is 25.0 Å². The van der Waals surface area contributed by atoms with Crippen LogP contribution in [0.25, 0.3) is 0 Å². The highest BCUT2D eigenvalue weighted by atomic mass is 79.9. The van der Waals surface area contributed by atoms with E-state index in [0.29, 0.717) is 6.10 Å². The second-order valence-corrected chi connectivity index (χ2v) is 4.59. The van der Waals surface area contributed by atoms with Crippen LogP contribution in [0.15, 0.2) is 10.7 Å². The molecule has 1 saturated carbocycles. The molecule has 4 heteroatoms. The lowest BCUT2D eigenvalue weighted by Gasteiger charge is -2.25. The fourth-order valence-corrected chi connectivity index (χ4v) is 2.12. The standard InChI is InChI=1S/C10H15BrN2O/c1-13-10(9(11)7-12-13)5-6-14-8-3-2-4-8/h7-8H,2-6H2,1H3. The molecule has 1 aromatic rings. The zero-order chi connectivity index (χ0) is 9.97. The number of hydrogen-bond acceptors (Lipinski definition) is 2. The molecular weight excluding hydrogens is 244 g/mol. The summed E-state index contributed by atoms with van der Waals surface area (Å²) in [6.07, 6.45) is 7.12. The first-order chi connectivity index (χ1) is 6.77. The third-order valence-electron chi connectivity index (χ3n) is 2.76. The Morgan fingerprint density at radius 1 is 1.64 bits per heavy atom. The SMILES string of the molecule is Cn1ncc(Br)c1CCOC1CCC1. The summed E-state index contributed by atoms with van der Waals surface area (Å²) in [6.45, 7) is 0.808. The van der Waals surface area contributed by atoms with E-state index in [1.54, 1.807) is 0 Å². The molecule has 2 rings (SSSR count). The number of rotatable bonds is 4. The number of hydrogen-bond donors (Lipinski definition) is 0. The van der Waals surface area contributed by atoms with E-state index in [1.807, 2.05) is 17.9 Å². The average Bonchev–Trinajstić information content (AvgIpc) is 2.39. The van der Waals surface area contributed by atoms with Crippen molar-refractivity contribution in [3.63, 3.8) is 0 Å². The van der Waals surface area contributed by atoms with E-state index in [9.17, 15) is 0 Å². The van der Waals surface area contributed by atoms with E-state index in [-0.39, 0.29) is 0 Å². The molecule has 0 unspecified atom stereocenters. The summed E-state index contributed by atoms with van der Waals surface area (Å²) in [6, 6.07) is 0. The predicted octanol–water partition coefficient (Wildman–Crippen LogP) is 2.29. The smallest absolute Gasteiger partial charge is 0.0635 e.